The molecule has 0 bridgehead atoms. The Morgan fingerprint density at radius 1 is 1.25 bits per heavy atom. The minimum atomic E-state index is 0.561. The van der Waals surface area contributed by atoms with Crippen molar-refractivity contribution in [3.63, 3.8) is 0 Å². The van der Waals surface area contributed by atoms with E-state index in [4.69, 9.17) is 4.74 Å². The second kappa shape index (κ2) is 7.82. The Morgan fingerprint density at radius 3 is 2.80 bits per heavy atom. The number of benzene rings is 1. The van der Waals surface area contributed by atoms with Gasteiger partial charge < -0.3 is 10.1 Å². The van der Waals surface area contributed by atoms with Gasteiger partial charge in [-0.25, -0.2) is 4.68 Å². The summed E-state index contributed by atoms with van der Waals surface area (Å²) < 4.78 is 7.05. The predicted octanol–water partition coefficient (Wildman–Crippen LogP) is 2.29. The van der Waals surface area contributed by atoms with Crippen LogP contribution >= 0.6 is 0 Å². The normalized spacial score (nSPS) is 12.5. The van der Waals surface area contributed by atoms with Crippen molar-refractivity contribution in [2.24, 2.45) is 5.92 Å². The molecular formula is C16H23N3O. The van der Waals surface area contributed by atoms with Crippen LogP contribution in [0.5, 0.6) is 0 Å². The standard InChI is InChI=1S/C16H23N3O/c1-14(13-17-10-11-20-2)12-16-8-9-18-19(16)15-6-4-3-5-7-15/h3-9,14,17H,10-13H2,1-2H3. The summed E-state index contributed by atoms with van der Waals surface area (Å²) in [5.74, 6) is 0.561. The number of rotatable bonds is 8. The highest BCUT2D eigenvalue weighted by molar-refractivity contribution is 5.32. The molecule has 2 aromatic rings. The molecule has 1 N–H and O–H groups in total. The highest BCUT2D eigenvalue weighted by atomic mass is 16.5. The molecule has 20 heavy (non-hydrogen) atoms. The van der Waals surface area contributed by atoms with Crippen LogP contribution in [0.2, 0.25) is 0 Å². The lowest BCUT2D eigenvalue weighted by Gasteiger charge is -2.14. The summed E-state index contributed by atoms with van der Waals surface area (Å²) in [5, 5.41) is 7.83. The SMILES string of the molecule is COCCNCC(C)Cc1ccnn1-c1ccccc1. The third-order valence-electron chi connectivity index (χ3n) is 3.26. The van der Waals surface area contributed by atoms with Gasteiger partial charge >= 0.3 is 0 Å². The van der Waals surface area contributed by atoms with Crippen LogP contribution in [0.1, 0.15) is 12.6 Å². The molecule has 4 heteroatoms. The fourth-order valence-corrected chi connectivity index (χ4v) is 2.24. The number of ether oxygens (including phenoxy) is 1. The van der Waals surface area contributed by atoms with Crippen molar-refractivity contribution in [3.05, 3.63) is 48.3 Å². The van der Waals surface area contributed by atoms with Crippen molar-refractivity contribution < 1.29 is 4.74 Å². The third kappa shape index (κ3) is 4.18. The van der Waals surface area contributed by atoms with E-state index in [1.807, 2.05) is 29.1 Å². The fourth-order valence-electron chi connectivity index (χ4n) is 2.24. The van der Waals surface area contributed by atoms with Crippen LogP contribution in [0.15, 0.2) is 42.6 Å². The van der Waals surface area contributed by atoms with Gasteiger partial charge in [0.15, 0.2) is 0 Å². The topological polar surface area (TPSA) is 39.1 Å². The summed E-state index contributed by atoms with van der Waals surface area (Å²) in [6.45, 7) is 4.90. The number of hydrogen-bond donors (Lipinski definition) is 1. The van der Waals surface area contributed by atoms with Gasteiger partial charge in [0.25, 0.3) is 0 Å². The Hall–Kier alpha value is -1.65. The van der Waals surface area contributed by atoms with Gasteiger partial charge in [0, 0.05) is 25.5 Å². The Morgan fingerprint density at radius 2 is 2.05 bits per heavy atom. The van der Waals surface area contributed by atoms with Crippen LogP contribution in [0.25, 0.3) is 5.69 Å². The molecule has 1 aromatic carbocycles. The smallest absolute Gasteiger partial charge is 0.0648 e. The van der Waals surface area contributed by atoms with Crippen LogP contribution in [0.3, 0.4) is 0 Å². The molecule has 4 nitrogen and oxygen atoms in total. The van der Waals surface area contributed by atoms with E-state index in [-0.39, 0.29) is 0 Å². The first kappa shape index (κ1) is 14.8. The summed E-state index contributed by atoms with van der Waals surface area (Å²) >= 11 is 0. The van der Waals surface area contributed by atoms with Gasteiger partial charge in [0.05, 0.1) is 12.3 Å². The zero-order valence-corrected chi connectivity index (χ0v) is 12.2. The van der Waals surface area contributed by atoms with Gasteiger partial charge in [0.1, 0.15) is 0 Å². The van der Waals surface area contributed by atoms with Crippen LogP contribution < -0.4 is 5.32 Å². The zero-order valence-electron chi connectivity index (χ0n) is 12.2. The molecular weight excluding hydrogens is 250 g/mol. The number of methoxy groups -OCH3 is 1. The minimum Gasteiger partial charge on any atom is -0.383 e. The lowest BCUT2D eigenvalue weighted by atomic mass is 10.1. The average molecular weight is 273 g/mol. The molecule has 2 rings (SSSR count). The molecule has 0 aliphatic heterocycles. The Bertz CT molecular complexity index is 495. The van der Waals surface area contributed by atoms with Crippen LogP contribution in [0.4, 0.5) is 0 Å². The molecule has 1 unspecified atom stereocenters. The van der Waals surface area contributed by atoms with Gasteiger partial charge in [-0.2, -0.15) is 5.10 Å². The molecule has 1 aromatic heterocycles. The van der Waals surface area contributed by atoms with Gasteiger partial charge in [-0.15, -0.1) is 0 Å². The van der Waals surface area contributed by atoms with E-state index in [1.54, 1.807) is 7.11 Å². The van der Waals surface area contributed by atoms with Gasteiger partial charge in [-0.05, 0) is 37.1 Å². The molecule has 0 spiro atoms. The Balaban J connectivity index is 1.92. The van der Waals surface area contributed by atoms with Gasteiger partial charge in [0.2, 0.25) is 0 Å². The molecule has 108 valence electrons. The first-order valence-electron chi connectivity index (χ1n) is 7.09. The number of nitrogens with one attached hydrogen (secondary N) is 1. The zero-order chi connectivity index (χ0) is 14.2. The van der Waals surface area contributed by atoms with E-state index in [1.165, 1.54) is 5.69 Å². The molecule has 1 atom stereocenters. The third-order valence-corrected chi connectivity index (χ3v) is 3.26. The molecule has 0 fully saturated rings. The Kier molecular flexibility index (Phi) is 5.77. The highest BCUT2D eigenvalue weighted by Gasteiger charge is 2.09. The summed E-state index contributed by atoms with van der Waals surface area (Å²) in [6.07, 6.45) is 2.88. The van der Waals surface area contributed by atoms with Crippen molar-refractivity contribution in [3.8, 4) is 5.69 Å². The van der Waals surface area contributed by atoms with Crippen molar-refractivity contribution in [1.82, 2.24) is 15.1 Å². The highest BCUT2D eigenvalue weighted by Crippen LogP contribution is 2.13. The maximum atomic E-state index is 5.03. The summed E-state index contributed by atoms with van der Waals surface area (Å²) in [4.78, 5) is 0. The number of aromatic nitrogens is 2. The second-order valence-electron chi connectivity index (χ2n) is 5.08. The van der Waals surface area contributed by atoms with Crippen LogP contribution in [-0.2, 0) is 11.2 Å². The van der Waals surface area contributed by atoms with Crippen molar-refractivity contribution in [1.29, 1.82) is 0 Å². The average Bonchev–Trinajstić information content (AvgIpc) is 2.92. The van der Waals surface area contributed by atoms with E-state index in [0.29, 0.717) is 5.92 Å². The first-order valence-corrected chi connectivity index (χ1v) is 7.09. The van der Waals surface area contributed by atoms with E-state index >= 15 is 0 Å². The van der Waals surface area contributed by atoms with Gasteiger partial charge in [-0.1, -0.05) is 25.1 Å². The maximum Gasteiger partial charge on any atom is 0.0648 e. The fraction of sp³-hybridized carbons (Fsp3) is 0.438. The molecule has 0 saturated heterocycles. The van der Waals surface area contributed by atoms with Crippen molar-refractivity contribution >= 4 is 0 Å². The number of nitrogens with zero attached hydrogens (tertiary/aromatic N) is 2. The largest absolute Gasteiger partial charge is 0.383 e. The number of para-hydroxylation sites is 1. The summed E-state index contributed by atoms with van der Waals surface area (Å²) in [5.41, 5.74) is 2.37. The van der Waals surface area contributed by atoms with E-state index in [0.717, 1.165) is 31.8 Å². The quantitative estimate of drug-likeness (QED) is 0.750. The molecule has 0 radical (unpaired) electrons. The second-order valence-corrected chi connectivity index (χ2v) is 5.08. The van der Waals surface area contributed by atoms with E-state index in [9.17, 15) is 0 Å². The summed E-state index contributed by atoms with van der Waals surface area (Å²) in [6, 6.07) is 12.4. The lowest BCUT2D eigenvalue weighted by molar-refractivity contribution is 0.198. The Labute approximate surface area is 120 Å². The monoisotopic (exact) mass is 273 g/mol. The number of hydrogen-bond acceptors (Lipinski definition) is 3. The molecule has 0 saturated carbocycles. The lowest BCUT2D eigenvalue weighted by Crippen LogP contribution is -2.26. The van der Waals surface area contributed by atoms with E-state index in [2.05, 4.69) is 35.5 Å². The predicted molar refractivity (Wildman–Crippen MR) is 81.2 cm³/mol. The molecule has 0 aliphatic carbocycles. The van der Waals surface area contributed by atoms with Gasteiger partial charge in [-0.3, -0.25) is 0 Å². The van der Waals surface area contributed by atoms with E-state index < -0.39 is 0 Å². The first-order chi connectivity index (χ1) is 9.81. The molecule has 0 amide bonds. The maximum absolute atomic E-state index is 5.03. The molecule has 0 aliphatic rings. The summed E-state index contributed by atoms with van der Waals surface area (Å²) in [7, 11) is 1.73. The van der Waals surface area contributed by atoms with Crippen LogP contribution in [0, 0.1) is 5.92 Å². The molecule has 1 heterocycles. The van der Waals surface area contributed by atoms with Crippen molar-refractivity contribution in [2.75, 3.05) is 26.8 Å². The minimum absolute atomic E-state index is 0.561. The van der Waals surface area contributed by atoms with Crippen molar-refractivity contribution in [2.45, 2.75) is 13.3 Å². The van der Waals surface area contributed by atoms with Crippen LogP contribution in [-0.4, -0.2) is 36.6 Å².